The van der Waals surface area contributed by atoms with Gasteiger partial charge in [0, 0.05) is 0 Å². The molecule has 2 heterocycles. The molecule has 0 fully saturated rings. The molecular formula is C8H11N5O. The average Bonchev–Trinajstić information content (AvgIpc) is 2.47. The number of nitrogens with two attached hydrogens (primary N) is 1. The monoisotopic (exact) mass is 193 g/mol. The Bertz CT molecular complexity index is 518. The van der Waals surface area contributed by atoms with Gasteiger partial charge in [-0.2, -0.15) is 5.10 Å². The molecule has 0 bridgehead atoms. The molecule has 2 rings (SSSR count). The van der Waals surface area contributed by atoms with Crippen molar-refractivity contribution >= 4 is 5.52 Å². The lowest BCUT2D eigenvalue weighted by Gasteiger charge is -2.15. The summed E-state index contributed by atoms with van der Waals surface area (Å²) in [5.74, 6) is 0.568. The van der Waals surface area contributed by atoms with Crippen molar-refractivity contribution in [1.82, 2.24) is 19.6 Å². The van der Waals surface area contributed by atoms with Crippen LogP contribution >= 0.6 is 0 Å². The fraction of sp³-hybridized carbons (Fsp3) is 0.375. The van der Waals surface area contributed by atoms with Crippen LogP contribution in [0.4, 0.5) is 0 Å². The number of imidazole rings is 1. The zero-order chi connectivity index (χ0) is 10.3. The molecule has 2 aromatic rings. The topological polar surface area (TPSA) is 89.1 Å². The summed E-state index contributed by atoms with van der Waals surface area (Å²) in [5.41, 5.74) is 5.45. The predicted molar refractivity (Wildman–Crippen MR) is 50.8 cm³/mol. The number of fused-ring (bicyclic) bond motifs is 1. The number of aromatic nitrogens is 4. The van der Waals surface area contributed by atoms with Gasteiger partial charge in [0.2, 0.25) is 0 Å². The Morgan fingerprint density at radius 3 is 2.93 bits per heavy atom. The highest BCUT2D eigenvalue weighted by Gasteiger charge is 2.21. The van der Waals surface area contributed by atoms with Crippen molar-refractivity contribution in [2.45, 2.75) is 19.4 Å². The highest BCUT2D eigenvalue weighted by atomic mass is 16.1. The van der Waals surface area contributed by atoms with E-state index in [0.717, 1.165) is 0 Å². The van der Waals surface area contributed by atoms with Gasteiger partial charge in [-0.05, 0) is 13.8 Å². The smallest absolute Gasteiger partial charge is 0.276 e. The molecule has 0 atom stereocenters. The molecule has 0 aliphatic carbocycles. The number of rotatable bonds is 1. The standard InChI is InChI=1S/C8H11N5O/c1-8(2,9)7-10-3-5-6(14)11-4-12-13(5)7/h3-4H,9H2,1-2H3,(H,11,12,14). The van der Waals surface area contributed by atoms with Crippen LogP contribution in [0.3, 0.4) is 0 Å². The molecule has 0 aliphatic rings. The molecule has 14 heavy (non-hydrogen) atoms. The van der Waals surface area contributed by atoms with Crippen LogP contribution in [0.1, 0.15) is 19.7 Å². The minimum Gasteiger partial charge on any atom is -0.319 e. The second kappa shape index (κ2) is 2.65. The summed E-state index contributed by atoms with van der Waals surface area (Å²) in [5, 5.41) is 3.99. The maximum atomic E-state index is 11.3. The van der Waals surface area contributed by atoms with Gasteiger partial charge in [-0.15, -0.1) is 0 Å². The van der Waals surface area contributed by atoms with E-state index in [9.17, 15) is 4.79 Å². The van der Waals surface area contributed by atoms with E-state index in [1.54, 1.807) is 0 Å². The number of hydrogen-bond donors (Lipinski definition) is 2. The lowest BCUT2D eigenvalue weighted by Crippen LogP contribution is -2.32. The van der Waals surface area contributed by atoms with Gasteiger partial charge in [0.05, 0.1) is 11.7 Å². The van der Waals surface area contributed by atoms with Gasteiger partial charge in [-0.25, -0.2) is 9.50 Å². The van der Waals surface area contributed by atoms with Crippen LogP contribution < -0.4 is 11.3 Å². The first-order chi connectivity index (χ1) is 6.50. The second-order valence-corrected chi connectivity index (χ2v) is 3.72. The molecule has 6 nitrogen and oxygen atoms in total. The molecule has 0 radical (unpaired) electrons. The highest BCUT2D eigenvalue weighted by molar-refractivity contribution is 5.42. The number of aromatic amines is 1. The Morgan fingerprint density at radius 1 is 1.57 bits per heavy atom. The molecule has 0 aliphatic heterocycles. The lowest BCUT2D eigenvalue weighted by atomic mass is 10.1. The van der Waals surface area contributed by atoms with Crippen LogP contribution in [-0.4, -0.2) is 19.6 Å². The van der Waals surface area contributed by atoms with E-state index in [1.165, 1.54) is 17.0 Å². The number of nitrogens with zero attached hydrogens (tertiary/aromatic N) is 3. The van der Waals surface area contributed by atoms with Crippen molar-refractivity contribution in [3.05, 3.63) is 28.7 Å². The second-order valence-electron chi connectivity index (χ2n) is 3.72. The van der Waals surface area contributed by atoms with Gasteiger partial charge in [-0.1, -0.05) is 0 Å². The minimum absolute atomic E-state index is 0.219. The first-order valence-corrected chi connectivity index (χ1v) is 4.21. The van der Waals surface area contributed by atoms with E-state index in [4.69, 9.17) is 5.73 Å². The Hall–Kier alpha value is -1.69. The fourth-order valence-corrected chi connectivity index (χ4v) is 1.28. The average molecular weight is 193 g/mol. The molecule has 3 N–H and O–H groups in total. The SMILES string of the molecule is CC(C)(N)c1ncc2c(=O)[nH]cnn12. The highest BCUT2D eigenvalue weighted by Crippen LogP contribution is 2.13. The van der Waals surface area contributed by atoms with E-state index in [1.807, 2.05) is 13.8 Å². The van der Waals surface area contributed by atoms with Crippen LogP contribution in [0, 0.1) is 0 Å². The van der Waals surface area contributed by atoms with Crippen LogP contribution in [0.2, 0.25) is 0 Å². The van der Waals surface area contributed by atoms with Crippen LogP contribution in [0.15, 0.2) is 17.3 Å². The number of nitrogens with one attached hydrogen (secondary N) is 1. The van der Waals surface area contributed by atoms with Crippen LogP contribution in [-0.2, 0) is 5.54 Å². The molecule has 0 unspecified atom stereocenters. The molecule has 0 saturated heterocycles. The van der Waals surface area contributed by atoms with E-state index >= 15 is 0 Å². The molecule has 2 aromatic heterocycles. The van der Waals surface area contributed by atoms with Crippen molar-refractivity contribution in [1.29, 1.82) is 0 Å². The summed E-state index contributed by atoms with van der Waals surface area (Å²) in [7, 11) is 0. The summed E-state index contributed by atoms with van der Waals surface area (Å²) in [6.07, 6.45) is 2.79. The summed E-state index contributed by atoms with van der Waals surface area (Å²) in [6, 6.07) is 0. The molecule has 74 valence electrons. The van der Waals surface area contributed by atoms with Gasteiger partial charge in [0.15, 0.2) is 5.52 Å². The van der Waals surface area contributed by atoms with E-state index in [0.29, 0.717) is 11.3 Å². The Balaban J connectivity index is 2.83. The maximum absolute atomic E-state index is 11.3. The van der Waals surface area contributed by atoms with Gasteiger partial charge >= 0.3 is 0 Å². The van der Waals surface area contributed by atoms with Crippen molar-refractivity contribution in [2.24, 2.45) is 5.73 Å². The minimum atomic E-state index is -0.618. The Kier molecular flexibility index (Phi) is 1.68. The molecule has 0 aromatic carbocycles. The molecule has 0 spiro atoms. The lowest BCUT2D eigenvalue weighted by molar-refractivity contribution is 0.500. The first-order valence-electron chi connectivity index (χ1n) is 4.21. The fourth-order valence-electron chi connectivity index (χ4n) is 1.28. The van der Waals surface area contributed by atoms with E-state index in [-0.39, 0.29) is 5.56 Å². The van der Waals surface area contributed by atoms with Crippen molar-refractivity contribution in [3.63, 3.8) is 0 Å². The molecule has 0 amide bonds. The third-order valence-electron chi connectivity index (χ3n) is 1.92. The quantitative estimate of drug-likeness (QED) is 0.645. The van der Waals surface area contributed by atoms with Gasteiger partial charge in [0.25, 0.3) is 5.56 Å². The summed E-state index contributed by atoms with van der Waals surface area (Å²) in [6.45, 7) is 3.62. The van der Waals surface area contributed by atoms with Gasteiger partial charge in [0.1, 0.15) is 12.2 Å². The van der Waals surface area contributed by atoms with Crippen molar-refractivity contribution < 1.29 is 0 Å². The summed E-state index contributed by atoms with van der Waals surface area (Å²) in [4.78, 5) is 17.9. The number of hydrogen-bond acceptors (Lipinski definition) is 4. The molecule has 0 saturated carbocycles. The maximum Gasteiger partial charge on any atom is 0.276 e. The van der Waals surface area contributed by atoms with E-state index < -0.39 is 5.54 Å². The zero-order valence-electron chi connectivity index (χ0n) is 7.98. The van der Waals surface area contributed by atoms with Crippen LogP contribution in [0.5, 0.6) is 0 Å². The van der Waals surface area contributed by atoms with Crippen molar-refractivity contribution in [2.75, 3.05) is 0 Å². The van der Waals surface area contributed by atoms with Crippen molar-refractivity contribution in [3.8, 4) is 0 Å². The third-order valence-corrected chi connectivity index (χ3v) is 1.92. The summed E-state index contributed by atoms with van der Waals surface area (Å²) < 4.78 is 1.46. The predicted octanol–water partition coefficient (Wildman–Crippen LogP) is -0.389. The number of H-pyrrole nitrogens is 1. The zero-order valence-corrected chi connectivity index (χ0v) is 7.98. The Labute approximate surface area is 79.8 Å². The molecule has 6 heteroatoms. The van der Waals surface area contributed by atoms with Crippen LogP contribution in [0.25, 0.3) is 5.52 Å². The third kappa shape index (κ3) is 1.20. The summed E-state index contributed by atoms with van der Waals surface area (Å²) >= 11 is 0. The largest absolute Gasteiger partial charge is 0.319 e. The Morgan fingerprint density at radius 2 is 2.29 bits per heavy atom. The van der Waals surface area contributed by atoms with Gasteiger partial charge in [-0.3, -0.25) is 4.79 Å². The molecular weight excluding hydrogens is 182 g/mol. The van der Waals surface area contributed by atoms with Gasteiger partial charge < -0.3 is 10.7 Å². The first kappa shape index (κ1) is 8.89. The van der Waals surface area contributed by atoms with E-state index in [2.05, 4.69) is 15.1 Å². The normalized spacial score (nSPS) is 12.2.